The van der Waals surface area contributed by atoms with Crippen LogP contribution in [0.3, 0.4) is 0 Å². The van der Waals surface area contributed by atoms with E-state index >= 15 is 0 Å². The normalized spacial score (nSPS) is 22.6. The molecule has 0 saturated carbocycles. The van der Waals surface area contributed by atoms with Gasteiger partial charge in [-0.25, -0.2) is 19.9 Å². The molecule has 11 nitrogen and oxygen atoms in total. The largest absolute Gasteiger partial charge is 0.390 e. The Morgan fingerprint density at radius 3 is 3.15 bits per heavy atom. The minimum atomic E-state index is -0.717. The molecule has 0 aliphatic carbocycles. The number of fused-ring (bicyclic) bond motifs is 1. The first kappa shape index (κ1) is 17.8. The Balaban J connectivity index is 1.63. The first-order valence-electron chi connectivity index (χ1n) is 8.49. The molecule has 0 amide bonds. The molecule has 1 aliphatic rings. The van der Waals surface area contributed by atoms with Gasteiger partial charge in [-0.05, 0) is 0 Å². The molecule has 142 valence electrons. The Morgan fingerprint density at radius 2 is 2.37 bits per heavy atom. The predicted molar refractivity (Wildman–Crippen MR) is 97.5 cm³/mol. The fraction of sp³-hybridized carbons (Fsp3) is 0.467. The van der Waals surface area contributed by atoms with Gasteiger partial charge >= 0.3 is 0 Å². The third kappa shape index (κ3) is 3.48. The molecule has 27 heavy (non-hydrogen) atoms. The number of rotatable bonds is 7. The zero-order valence-electron chi connectivity index (χ0n) is 14.3. The number of nitrogen functional groups attached to an aromatic ring is 1. The smallest absolute Gasteiger partial charge is 0.207 e. The van der Waals surface area contributed by atoms with Crippen molar-refractivity contribution in [2.45, 2.75) is 31.3 Å². The highest BCUT2D eigenvalue weighted by Crippen LogP contribution is 2.35. The molecule has 1 saturated heterocycles. The van der Waals surface area contributed by atoms with Gasteiger partial charge in [-0.1, -0.05) is 0 Å². The highest BCUT2D eigenvalue weighted by atomic mass is 31.1. The van der Waals surface area contributed by atoms with E-state index in [4.69, 9.17) is 10.5 Å². The predicted octanol–water partition coefficient (Wildman–Crippen LogP) is 0.726. The van der Waals surface area contributed by atoms with Crippen molar-refractivity contribution in [3.05, 3.63) is 24.5 Å². The molecule has 0 spiro atoms. The highest BCUT2D eigenvalue weighted by molar-refractivity contribution is 7.23. The number of hydrogen-bond acceptors (Lipinski definition) is 9. The lowest BCUT2D eigenvalue weighted by molar-refractivity contribution is -0.00328. The summed E-state index contributed by atoms with van der Waals surface area (Å²) in [5, 5.41) is 13.5. The monoisotopic (exact) mass is 390 g/mol. The topological polar surface area (TPSA) is 157 Å². The summed E-state index contributed by atoms with van der Waals surface area (Å²) in [5.41, 5.74) is 7.92. The molecule has 4 heterocycles. The second-order valence-corrected chi connectivity index (χ2v) is 6.86. The second-order valence-electron chi connectivity index (χ2n) is 6.23. The highest BCUT2D eigenvalue weighted by Gasteiger charge is 2.37. The standard InChI is InChI=1S/C15H19N8O3P/c16-13-12-14(21-7-20-13)23(11-3-9(24)10(26-11)5-27-25)15(22-12)18-2-1-8-4-17-6-19-8/h4,6-7,9-11,24H,1-3,5H2,(H,17,19)(H,18,22)(H2,16,20,21). The molecule has 4 rings (SSSR count). The van der Waals surface area contributed by atoms with E-state index in [0.29, 0.717) is 30.1 Å². The van der Waals surface area contributed by atoms with Crippen molar-refractivity contribution in [2.75, 3.05) is 23.8 Å². The number of imidazole rings is 2. The zero-order chi connectivity index (χ0) is 18.8. The third-order valence-electron chi connectivity index (χ3n) is 4.48. The number of aromatic nitrogens is 6. The van der Waals surface area contributed by atoms with Gasteiger partial charge in [-0.2, -0.15) is 0 Å². The molecule has 3 aromatic heterocycles. The van der Waals surface area contributed by atoms with E-state index in [9.17, 15) is 9.67 Å². The molecular weight excluding hydrogens is 371 g/mol. The summed E-state index contributed by atoms with van der Waals surface area (Å²) < 4.78 is 18.6. The third-order valence-corrected chi connectivity index (χ3v) is 4.99. The molecule has 1 aliphatic heterocycles. The van der Waals surface area contributed by atoms with Gasteiger partial charge in [0.1, 0.15) is 12.6 Å². The van der Waals surface area contributed by atoms with Crippen LogP contribution in [-0.2, 0) is 15.7 Å². The van der Waals surface area contributed by atoms with Crippen LogP contribution in [0.1, 0.15) is 18.3 Å². The number of aliphatic hydroxyl groups excluding tert-OH is 1. The number of nitrogens with one attached hydrogen (secondary N) is 2. The quantitative estimate of drug-likeness (QED) is 0.427. The molecule has 3 aromatic rings. The average Bonchev–Trinajstić information content (AvgIpc) is 3.36. The summed E-state index contributed by atoms with van der Waals surface area (Å²) in [6.45, 7) is 0.594. The van der Waals surface area contributed by atoms with E-state index in [0.717, 1.165) is 12.1 Å². The van der Waals surface area contributed by atoms with Gasteiger partial charge in [-0.15, -0.1) is 0 Å². The van der Waals surface area contributed by atoms with Gasteiger partial charge in [0.25, 0.3) is 0 Å². The van der Waals surface area contributed by atoms with Crippen molar-refractivity contribution in [3.63, 3.8) is 0 Å². The Morgan fingerprint density at radius 1 is 1.48 bits per heavy atom. The maximum absolute atomic E-state index is 10.9. The van der Waals surface area contributed by atoms with Gasteiger partial charge in [0.05, 0.1) is 24.7 Å². The van der Waals surface area contributed by atoms with E-state index in [-0.39, 0.29) is 20.4 Å². The minimum Gasteiger partial charge on any atom is -0.390 e. The fourth-order valence-electron chi connectivity index (χ4n) is 3.16. The number of ether oxygens (including phenoxy) is 1. The lowest BCUT2D eigenvalue weighted by Gasteiger charge is -2.17. The van der Waals surface area contributed by atoms with Crippen LogP contribution in [0.15, 0.2) is 18.9 Å². The van der Waals surface area contributed by atoms with Crippen molar-refractivity contribution in [1.82, 2.24) is 29.5 Å². The van der Waals surface area contributed by atoms with E-state index in [1.807, 2.05) is 0 Å². The number of nitrogens with two attached hydrogens (primary N) is 1. The van der Waals surface area contributed by atoms with Crippen LogP contribution in [0.5, 0.6) is 0 Å². The summed E-state index contributed by atoms with van der Waals surface area (Å²) in [7, 11) is -0.0700. The molecule has 0 radical (unpaired) electrons. The molecule has 1 fully saturated rings. The number of anilines is 2. The van der Waals surface area contributed by atoms with Crippen LogP contribution in [0.2, 0.25) is 0 Å². The number of aliphatic hydroxyl groups is 1. The minimum absolute atomic E-state index is 0.0700. The van der Waals surface area contributed by atoms with Gasteiger partial charge < -0.3 is 25.9 Å². The number of nitrogens with zero attached hydrogens (tertiary/aromatic N) is 5. The van der Waals surface area contributed by atoms with Crippen molar-refractivity contribution in [3.8, 4) is 0 Å². The van der Waals surface area contributed by atoms with E-state index < -0.39 is 18.4 Å². The molecular formula is C15H19N8O3P. The van der Waals surface area contributed by atoms with Crippen LogP contribution in [0.25, 0.3) is 11.2 Å². The lowest BCUT2D eigenvalue weighted by Crippen LogP contribution is -2.22. The fourth-order valence-corrected chi connectivity index (χ4v) is 3.64. The summed E-state index contributed by atoms with van der Waals surface area (Å²) in [6.07, 6.45) is 4.31. The van der Waals surface area contributed by atoms with Crippen LogP contribution in [0, 0.1) is 0 Å². The van der Waals surface area contributed by atoms with Crippen LogP contribution in [0.4, 0.5) is 11.8 Å². The van der Waals surface area contributed by atoms with Crippen molar-refractivity contribution in [1.29, 1.82) is 0 Å². The van der Waals surface area contributed by atoms with Crippen LogP contribution >= 0.6 is 8.46 Å². The molecule has 12 heteroatoms. The first-order valence-corrected chi connectivity index (χ1v) is 9.49. The van der Waals surface area contributed by atoms with Crippen LogP contribution < -0.4 is 11.1 Å². The van der Waals surface area contributed by atoms with Gasteiger partial charge in [-0.3, -0.25) is 9.13 Å². The van der Waals surface area contributed by atoms with Gasteiger partial charge in [0.2, 0.25) is 5.95 Å². The van der Waals surface area contributed by atoms with E-state index in [1.54, 1.807) is 17.1 Å². The molecule has 3 unspecified atom stereocenters. The molecule has 3 atom stereocenters. The Hall–Kier alpha value is -2.62. The Bertz CT molecular complexity index is 931. The van der Waals surface area contributed by atoms with E-state index in [1.165, 1.54) is 6.33 Å². The zero-order valence-corrected chi connectivity index (χ0v) is 15.2. The number of aromatic amines is 1. The molecule has 0 bridgehead atoms. The summed E-state index contributed by atoms with van der Waals surface area (Å²) in [6, 6.07) is 0. The average molecular weight is 390 g/mol. The lowest BCUT2D eigenvalue weighted by atomic mass is 10.2. The maximum atomic E-state index is 10.9. The summed E-state index contributed by atoms with van der Waals surface area (Å²) in [4.78, 5) is 19.8. The summed E-state index contributed by atoms with van der Waals surface area (Å²) >= 11 is 0. The van der Waals surface area contributed by atoms with E-state index in [2.05, 4.69) is 30.2 Å². The Kier molecular flexibility index (Phi) is 4.97. The van der Waals surface area contributed by atoms with Crippen molar-refractivity contribution >= 4 is 31.4 Å². The van der Waals surface area contributed by atoms with Crippen LogP contribution in [-0.4, -0.2) is 59.5 Å². The number of hydrogen-bond donors (Lipinski definition) is 4. The second kappa shape index (κ2) is 7.55. The van der Waals surface area contributed by atoms with Crippen molar-refractivity contribution < 1.29 is 14.4 Å². The Labute approximate surface area is 155 Å². The van der Waals surface area contributed by atoms with Gasteiger partial charge in [0, 0.05) is 31.3 Å². The SMILES string of the molecule is Nc1ncnc2c1nc(NCCc1cnc[nH]1)n2C1CC(O)C(CP=O)O1. The van der Waals surface area contributed by atoms with Crippen molar-refractivity contribution in [2.24, 2.45) is 0 Å². The molecule has 5 N–H and O–H groups in total. The maximum Gasteiger partial charge on any atom is 0.207 e. The number of H-pyrrole nitrogens is 1. The van der Waals surface area contributed by atoms with Gasteiger partial charge in [0.15, 0.2) is 25.4 Å². The molecule has 0 aromatic carbocycles. The first-order chi connectivity index (χ1) is 13.2. The summed E-state index contributed by atoms with van der Waals surface area (Å²) in [5.74, 6) is 0.790.